The van der Waals surface area contributed by atoms with E-state index in [2.05, 4.69) is 0 Å². The van der Waals surface area contributed by atoms with E-state index in [0.29, 0.717) is 31.3 Å². The number of rotatable bonds is 4. The van der Waals surface area contributed by atoms with Crippen LogP contribution in [-0.2, 0) is 14.3 Å². The molecule has 2 N–H and O–H groups in total. The second-order valence-electron chi connectivity index (χ2n) is 7.05. The van der Waals surface area contributed by atoms with Gasteiger partial charge in [-0.1, -0.05) is 0 Å². The Labute approximate surface area is 125 Å². The first-order chi connectivity index (χ1) is 9.76. The van der Waals surface area contributed by atoms with Gasteiger partial charge in [0.2, 0.25) is 0 Å². The van der Waals surface area contributed by atoms with Crippen molar-refractivity contribution in [3.63, 3.8) is 0 Å². The summed E-state index contributed by atoms with van der Waals surface area (Å²) in [4.78, 5) is 25.5. The average Bonchev–Trinajstić information content (AvgIpc) is 2.94. The van der Waals surface area contributed by atoms with E-state index in [4.69, 9.17) is 15.2 Å². The summed E-state index contributed by atoms with van der Waals surface area (Å²) >= 11 is 0. The van der Waals surface area contributed by atoms with Crippen molar-refractivity contribution in [1.82, 2.24) is 4.90 Å². The number of ether oxygens (including phenoxy) is 2. The van der Waals surface area contributed by atoms with Crippen LogP contribution < -0.4 is 5.73 Å². The molecule has 0 aromatic rings. The van der Waals surface area contributed by atoms with E-state index in [9.17, 15) is 9.59 Å². The minimum Gasteiger partial charge on any atom is -0.469 e. The maximum Gasteiger partial charge on any atom is 0.410 e. The molecule has 3 aliphatic rings. The Morgan fingerprint density at radius 1 is 1.38 bits per heavy atom. The van der Waals surface area contributed by atoms with Crippen LogP contribution in [0, 0.1) is 17.8 Å². The van der Waals surface area contributed by atoms with Gasteiger partial charge in [-0.25, -0.2) is 4.79 Å². The zero-order valence-corrected chi connectivity index (χ0v) is 13.3. The highest BCUT2D eigenvalue weighted by molar-refractivity contribution is 5.71. The van der Waals surface area contributed by atoms with Gasteiger partial charge in [0.25, 0.3) is 0 Å². The van der Waals surface area contributed by atoms with Crippen LogP contribution in [0.15, 0.2) is 0 Å². The molecule has 21 heavy (non-hydrogen) atoms. The van der Waals surface area contributed by atoms with E-state index in [1.807, 2.05) is 20.8 Å². The largest absolute Gasteiger partial charge is 0.469 e. The molecule has 0 aromatic heterocycles. The zero-order valence-electron chi connectivity index (χ0n) is 13.3. The standard InChI is InChI=1S/C15H26N2O4/c1-15(2,3)21-14(19)17-8-10-5-11(17)13(10)9(7-16)6-12(18)20-4/h9-11,13H,5-8,16H2,1-4H3/t9?,10-,11-,13?/m0/s1. The molecule has 3 fully saturated rings. The average molecular weight is 298 g/mol. The van der Waals surface area contributed by atoms with Gasteiger partial charge in [-0.3, -0.25) is 4.79 Å². The number of carbonyl (C=O) groups excluding carboxylic acids is 2. The molecule has 2 saturated heterocycles. The fourth-order valence-electron chi connectivity index (χ4n) is 3.57. The Hall–Kier alpha value is -1.30. The maximum absolute atomic E-state index is 12.2. The summed E-state index contributed by atoms with van der Waals surface area (Å²) in [5.74, 6) is 0.566. The second kappa shape index (κ2) is 5.83. The van der Waals surface area contributed by atoms with Crippen molar-refractivity contribution in [3.05, 3.63) is 0 Å². The molecule has 1 amide bonds. The predicted octanol–water partition coefficient (Wildman–Crippen LogP) is 1.38. The van der Waals surface area contributed by atoms with Crippen molar-refractivity contribution in [2.75, 3.05) is 20.2 Å². The molecule has 2 unspecified atom stereocenters. The summed E-state index contributed by atoms with van der Waals surface area (Å²) in [5, 5.41) is 0. The Morgan fingerprint density at radius 2 is 2.05 bits per heavy atom. The van der Waals surface area contributed by atoms with Gasteiger partial charge >= 0.3 is 12.1 Å². The van der Waals surface area contributed by atoms with Gasteiger partial charge in [-0.2, -0.15) is 0 Å². The van der Waals surface area contributed by atoms with Gasteiger partial charge in [-0.05, 0) is 51.5 Å². The van der Waals surface area contributed by atoms with Crippen molar-refractivity contribution in [3.8, 4) is 0 Å². The topological polar surface area (TPSA) is 81.9 Å². The fourth-order valence-corrected chi connectivity index (χ4v) is 3.57. The number of nitrogens with two attached hydrogens (primary N) is 1. The molecule has 2 heterocycles. The molecule has 0 aromatic carbocycles. The number of carbonyl (C=O) groups is 2. The lowest BCUT2D eigenvalue weighted by atomic mass is 9.66. The van der Waals surface area contributed by atoms with Crippen molar-refractivity contribution < 1.29 is 19.1 Å². The highest BCUT2D eigenvalue weighted by Gasteiger charge is 2.56. The van der Waals surface area contributed by atoms with Crippen LogP contribution in [0.1, 0.15) is 33.6 Å². The molecule has 1 aliphatic carbocycles. The quantitative estimate of drug-likeness (QED) is 0.793. The van der Waals surface area contributed by atoms with E-state index in [1.165, 1.54) is 7.11 Å². The van der Waals surface area contributed by atoms with Crippen LogP contribution >= 0.6 is 0 Å². The molecular formula is C15H26N2O4. The van der Waals surface area contributed by atoms with Gasteiger partial charge in [0.05, 0.1) is 7.11 Å². The van der Waals surface area contributed by atoms with Gasteiger partial charge < -0.3 is 20.1 Å². The number of hydrogen-bond acceptors (Lipinski definition) is 5. The number of nitrogens with zero attached hydrogens (tertiary/aromatic N) is 1. The van der Waals surface area contributed by atoms with Crippen LogP contribution in [0.5, 0.6) is 0 Å². The molecule has 0 radical (unpaired) electrons. The van der Waals surface area contributed by atoms with Crippen LogP contribution in [0.3, 0.4) is 0 Å². The van der Waals surface area contributed by atoms with Crippen LogP contribution in [0.2, 0.25) is 0 Å². The number of fused-ring (bicyclic) bond motifs is 1. The summed E-state index contributed by atoms with van der Waals surface area (Å²) in [6.45, 7) is 6.74. The molecule has 0 spiro atoms. The lowest BCUT2D eigenvalue weighted by Gasteiger charge is -2.41. The summed E-state index contributed by atoms with van der Waals surface area (Å²) in [6.07, 6.45) is 1.06. The molecule has 1 saturated carbocycles. The van der Waals surface area contributed by atoms with Gasteiger partial charge in [0.15, 0.2) is 0 Å². The number of hydrogen-bond donors (Lipinski definition) is 1. The number of methoxy groups -OCH3 is 1. The smallest absolute Gasteiger partial charge is 0.410 e. The monoisotopic (exact) mass is 298 g/mol. The molecule has 6 heteroatoms. The Kier molecular flexibility index (Phi) is 4.46. The minimum absolute atomic E-state index is 0.0774. The van der Waals surface area contributed by atoms with Gasteiger partial charge in [0, 0.05) is 19.0 Å². The molecule has 4 atom stereocenters. The van der Waals surface area contributed by atoms with Crippen molar-refractivity contribution in [2.24, 2.45) is 23.5 Å². The summed E-state index contributed by atoms with van der Waals surface area (Å²) in [5.41, 5.74) is 5.33. The lowest BCUT2D eigenvalue weighted by molar-refractivity contribution is -0.142. The lowest BCUT2D eigenvalue weighted by Crippen LogP contribution is -2.48. The highest BCUT2D eigenvalue weighted by atomic mass is 16.6. The Morgan fingerprint density at radius 3 is 2.57 bits per heavy atom. The second-order valence-corrected chi connectivity index (χ2v) is 7.05. The van der Waals surface area contributed by atoms with Crippen molar-refractivity contribution >= 4 is 12.1 Å². The van der Waals surface area contributed by atoms with Crippen LogP contribution in [0.4, 0.5) is 4.79 Å². The Balaban J connectivity index is 1.98. The van der Waals surface area contributed by atoms with E-state index in [1.54, 1.807) is 4.90 Å². The van der Waals surface area contributed by atoms with E-state index >= 15 is 0 Å². The van der Waals surface area contributed by atoms with Crippen molar-refractivity contribution in [1.29, 1.82) is 0 Å². The SMILES string of the molecule is COC(=O)CC(CN)C1[C@H]2C[C@@H]1N(C(=O)OC(C)(C)C)C2. The van der Waals surface area contributed by atoms with Crippen LogP contribution in [0.25, 0.3) is 0 Å². The summed E-state index contributed by atoms with van der Waals surface area (Å²) in [7, 11) is 1.39. The third kappa shape index (κ3) is 3.31. The van der Waals surface area contributed by atoms with Crippen molar-refractivity contribution in [2.45, 2.75) is 45.3 Å². The number of amides is 1. The molecular weight excluding hydrogens is 272 g/mol. The molecule has 2 aliphatic heterocycles. The Bertz CT molecular complexity index is 418. The first kappa shape index (κ1) is 16.1. The van der Waals surface area contributed by atoms with Gasteiger partial charge in [0.1, 0.15) is 5.60 Å². The predicted molar refractivity (Wildman–Crippen MR) is 77.5 cm³/mol. The van der Waals surface area contributed by atoms with Gasteiger partial charge in [-0.15, -0.1) is 0 Å². The van der Waals surface area contributed by atoms with E-state index in [-0.39, 0.29) is 24.0 Å². The first-order valence-electron chi connectivity index (χ1n) is 7.53. The summed E-state index contributed by atoms with van der Waals surface area (Å²) < 4.78 is 10.2. The number of esters is 1. The highest BCUT2D eigenvalue weighted by Crippen LogP contribution is 2.50. The zero-order chi connectivity index (χ0) is 15.8. The first-order valence-corrected chi connectivity index (χ1v) is 7.53. The fraction of sp³-hybridized carbons (Fsp3) is 0.867. The molecule has 3 rings (SSSR count). The minimum atomic E-state index is -0.487. The molecule has 2 bridgehead atoms. The summed E-state index contributed by atoms with van der Waals surface area (Å²) in [6, 6.07) is 0.156. The third-order valence-electron chi connectivity index (χ3n) is 4.50. The third-order valence-corrected chi connectivity index (χ3v) is 4.50. The normalized spacial score (nSPS) is 28.8. The van der Waals surface area contributed by atoms with E-state index in [0.717, 1.165) is 6.42 Å². The molecule has 120 valence electrons. The van der Waals surface area contributed by atoms with E-state index < -0.39 is 5.60 Å². The van der Waals surface area contributed by atoms with Crippen LogP contribution in [-0.4, -0.2) is 48.8 Å². The maximum atomic E-state index is 12.2. The molecule has 6 nitrogen and oxygen atoms in total.